The number of nitrogens with one attached hydrogen (secondary N) is 2. The van der Waals surface area contributed by atoms with Gasteiger partial charge in [-0.1, -0.05) is 41.0 Å². The third-order valence-corrected chi connectivity index (χ3v) is 4.19. The van der Waals surface area contributed by atoms with Gasteiger partial charge in [0, 0.05) is 28.9 Å². The summed E-state index contributed by atoms with van der Waals surface area (Å²) in [6.07, 6.45) is 2.02. The van der Waals surface area contributed by atoms with E-state index in [0.29, 0.717) is 28.2 Å². The maximum absolute atomic E-state index is 11.7. The lowest BCUT2D eigenvalue weighted by atomic mass is 10.1. The number of amides is 1. The number of thioether (sulfide) groups is 1. The first-order valence-electron chi connectivity index (χ1n) is 6.43. The minimum Gasteiger partial charge on any atom is -0.355 e. The summed E-state index contributed by atoms with van der Waals surface area (Å²) in [5.74, 6) is 0.0444. The molecule has 0 bridgehead atoms. The molecule has 2 N–H and O–H groups in total. The minimum absolute atomic E-state index is 0.137. The number of rotatable bonds is 6. The lowest BCUT2D eigenvalue weighted by molar-refractivity contribution is -0.118. The fourth-order valence-electron chi connectivity index (χ4n) is 1.67. The maximum Gasteiger partial charge on any atom is 0.251 e. The highest BCUT2D eigenvalue weighted by Gasteiger charge is 2.05. The standard InChI is InChI=1S/C14H13Cl2N3O2S/c15-10-2-1-9(11(16)7-10)3-5-17-13(21)8-22-14-18-6-4-12(20)19-14/h1-2,4,6-7H,3,5,8H2,(H,17,21)(H,18,19,20). The van der Waals surface area contributed by atoms with E-state index >= 15 is 0 Å². The summed E-state index contributed by atoms with van der Waals surface area (Å²) < 4.78 is 0. The predicted molar refractivity (Wildman–Crippen MR) is 88.8 cm³/mol. The van der Waals surface area contributed by atoms with Crippen molar-refractivity contribution in [2.45, 2.75) is 11.6 Å². The quantitative estimate of drug-likeness (QED) is 0.615. The number of nitrogens with zero attached hydrogens (tertiary/aromatic N) is 1. The summed E-state index contributed by atoms with van der Waals surface area (Å²) in [4.78, 5) is 29.3. The van der Waals surface area contributed by atoms with E-state index in [1.165, 1.54) is 24.0 Å². The van der Waals surface area contributed by atoms with Gasteiger partial charge in [-0.25, -0.2) is 4.98 Å². The number of benzene rings is 1. The van der Waals surface area contributed by atoms with E-state index in [0.717, 1.165) is 5.56 Å². The van der Waals surface area contributed by atoms with Gasteiger partial charge in [0.15, 0.2) is 5.16 Å². The van der Waals surface area contributed by atoms with E-state index in [2.05, 4.69) is 15.3 Å². The van der Waals surface area contributed by atoms with Gasteiger partial charge in [0.2, 0.25) is 5.91 Å². The van der Waals surface area contributed by atoms with Crippen LogP contribution in [-0.2, 0) is 11.2 Å². The minimum atomic E-state index is -0.240. The van der Waals surface area contributed by atoms with Gasteiger partial charge >= 0.3 is 0 Å². The molecule has 1 heterocycles. The molecule has 0 spiro atoms. The van der Waals surface area contributed by atoms with Crippen molar-refractivity contribution in [3.05, 3.63) is 56.4 Å². The van der Waals surface area contributed by atoms with Gasteiger partial charge < -0.3 is 10.3 Å². The van der Waals surface area contributed by atoms with E-state index in [9.17, 15) is 9.59 Å². The number of H-pyrrole nitrogens is 1. The van der Waals surface area contributed by atoms with Crippen molar-refractivity contribution in [3.8, 4) is 0 Å². The van der Waals surface area contributed by atoms with Crippen molar-refractivity contribution in [2.75, 3.05) is 12.3 Å². The fourth-order valence-corrected chi connectivity index (χ4v) is 2.85. The van der Waals surface area contributed by atoms with E-state index in [1.54, 1.807) is 12.1 Å². The monoisotopic (exact) mass is 357 g/mol. The molecule has 0 fully saturated rings. The Balaban J connectivity index is 1.75. The lowest BCUT2D eigenvalue weighted by Gasteiger charge is -2.07. The van der Waals surface area contributed by atoms with Crippen molar-refractivity contribution in [3.63, 3.8) is 0 Å². The Morgan fingerprint density at radius 3 is 2.86 bits per heavy atom. The highest BCUT2D eigenvalue weighted by Crippen LogP contribution is 2.21. The first-order chi connectivity index (χ1) is 10.5. The van der Waals surface area contributed by atoms with Gasteiger partial charge in [0.05, 0.1) is 5.75 Å². The van der Waals surface area contributed by atoms with Crippen LogP contribution in [0.3, 0.4) is 0 Å². The molecule has 0 aliphatic rings. The molecule has 1 aromatic heterocycles. The Kier molecular flexibility index (Phi) is 6.30. The van der Waals surface area contributed by atoms with Gasteiger partial charge in [0.25, 0.3) is 5.56 Å². The van der Waals surface area contributed by atoms with Crippen molar-refractivity contribution >= 4 is 40.9 Å². The second-order valence-corrected chi connectivity index (χ2v) is 6.17. The Hall–Kier alpha value is -1.50. The third-order valence-electron chi connectivity index (χ3n) is 2.72. The average Bonchev–Trinajstić information content (AvgIpc) is 2.47. The van der Waals surface area contributed by atoms with Crippen LogP contribution in [0.1, 0.15) is 5.56 Å². The Morgan fingerprint density at radius 2 is 2.14 bits per heavy atom. The van der Waals surface area contributed by atoms with E-state index in [1.807, 2.05) is 6.07 Å². The van der Waals surface area contributed by atoms with Crippen LogP contribution in [0.4, 0.5) is 0 Å². The third kappa shape index (κ3) is 5.36. The molecule has 5 nitrogen and oxygen atoms in total. The molecule has 2 aromatic rings. The second kappa shape index (κ2) is 8.22. The van der Waals surface area contributed by atoms with Gasteiger partial charge in [-0.2, -0.15) is 0 Å². The molecular formula is C14H13Cl2N3O2S. The number of halogens is 2. The lowest BCUT2D eigenvalue weighted by Crippen LogP contribution is -2.27. The summed E-state index contributed by atoms with van der Waals surface area (Å²) in [5, 5.41) is 4.37. The zero-order valence-electron chi connectivity index (χ0n) is 11.4. The molecule has 1 aromatic carbocycles. The van der Waals surface area contributed by atoms with Crippen LogP contribution in [0.15, 0.2) is 40.4 Å². The number of aromatic amines is 1. The largest absolute Gasteiger partial charge is 0.355 e. The maximum atomic E-state index is 11.7. The summed E-state index contributed by atoms with van der Waals surface area (Å²) in [6.45, 7) is 0.472. The molecule has 116 valence electrons. The smallest absolute Gasteiger partial charge is 0.251 e. The van der Waals surface area contributed by atoms with Crippen LogP contribution in [0, 0.1) is 0 Å². The van der Waals surface area contributed by atoms with Crippen molar-refractivity contribution in [1.82, 2.24) is 15.3 Å². The van der Waals surface area contributed by atoms with Crippen LogP contribution >= 0.6 is 35.0 Å². The van der Waals surface area contributed by atoms with Crippen molar-refractivity contribution in [1.29, 1.82) is 0 Å². The summed E-state index contributed by atoms with van der Waals surface area (Å²) in [5.41, 5.74) is 0.684. The van der Waals surface area contributed by atoms with Gasteiger partial charge in [-0.15, -0.1) is 0 Å². The molecule has 1 amide bonds. The molecular weight excluding hydrogens is 345 g/mol. The zero-order chi connectivity index (χ0) is 15.9. The number of hydrogen-bond donors (Lipinski definition) is 2. The molecule has 0 aliphatic carbocycles. The molecule has 0 atom stereocenters. The Bertz CT molecular complexity index is 721. The first-order valence-corrected chi connectivity index (χ1v) is 8.17. The Labute approximate surface area is 141 Å². The number of aromatic nitrogens is 2. The molecule has 0 saturated heterocycles. The number of carbonyl (C=O) groups excluding carboxylic acids is 1. The number of carbonyl (C=O) groups is 1. The van der Waals surface area contributed by atoms with Crippen LogP contribution in [0.2, 0.25) is 10.0 Å². The first kappa shape index (κ1) is 16.9. The average molecular weight is 358 g/mol. The molecule has 22 heavy (non-hydrogen) atoms. The SMILES string of the molecule is O=C(CSc1nccc(=O)[nH]1)NCCc1ccc(Cl)cc1Cl. The predicted octanol–water partition coefficient (Wildman–Crippen LogP) is 2.53. The van der Waals surface area contributed by atoms with E-state index in [4.69, 9.17) is 23.2 Å². The van der Waals surface area contributed by atoms with Crippen molar-refractivity contribution in [2.24, 2.45) is 0 Å². The van der Waals surface area contributed by atoms with E-state index in [-0.39, 0.29) is 17.2 Å². The zero-order valence-corrected chi connectivity index (χ0v) is 13.8. The fraction of sp³-hybridized carbons (Fsp3) is 0.214. The highest BCUT2D eigenvalue weighted by atomic mass is 35.5. The molecule has 0 unspecified atom stereocenters. The highest BCUT2D eigenvalue weighted by molar-refractivity contribution is 7.99. The molecule has 8 heteroatoms. The molecule has 0 radical (unpaired) electrons. The van der Waals surface area contributed by atoms with Crippen LogP contribution < -0.4 is 10.9 Å². The van der Waals surface area contributed by atoms with Gasteiger partial charge in [-0.05, 0) is 24.1 Å². The van der Waals surface area contributed by atoms with Crippen LogP contribution in [-0.4, -0.2) is 28.2 Å². The van der Waals surface area contributed by atoms with E-state index < -0.39 is 0 Å². The topological polar surface area (TPSA) is 74.8 Å². The normalized spacial score (nSPS) is 10.5. The van der Waals surface area contributed by atoms with Crippen LogP contribution in [0.25, 0.3) is 0 Å². The molecule has 2 rings (SSSR count). The van der Waals surface area contributed by atoms with Gasteiger partial charge in [-0.3, -0.25) is 9.59 Å². The summed E-state index contributed by atoms with van der Waals surface area (Å²) >= 11 is 13.1. The summed E-state index contributed by atoms with van der Waals surface area (Å²) in [6, 6.07) is 6.59. The second-order valence-electron chi connectivity index (χ2n) is 4.36. The van der Waals surface area contributed by atoms with Crippen LogP contribution in [0.5, 0.6) is 0 Å². The molecule has 0 aliphatic heterocycles. The Morgan fingerprint density at radius 1 is 1.32 bits per heavy atom. The van der Waals surface area contributed by atoms with Gasteiger partial charge in [0.1, 0.15) is 0 Å². The van der Waals surface area contributed by atoms with Crippen molar-refractivity contribution < 1.29 is 4.79 Å². The number of hydrogen-bond acceptors (Lipinski definition) is 4. The summed E-state index contributed by atoms with van der Waals surface area (Å²) in [7, 11) is 0. The molecule has 0 saturated carbocycles.